The first-order valence-corrected chi connectivity index (χ1v) is 13.7. The SMILES string of the molecule is CC(C)CCN1C(=O)[C@@H]2[C@@H](C(=O)Nc3cc(Cl)cc(Cl)c3)[C@@H]3C=C[C@@]2(O3)[C@@H]1C(=O)NC1CCCCC1. The van der Waals surface area contributed by atoms with Crippen LogP contribution in [0.15, 0.2) is 30.4 Å². The highest BCUT2D eigenvalue weighted by molar-refractivity contribution is 6.35. The number of rotatable bonds is 7. The van der Waals surface area contributed by atoms with Gasteiger partial charge in [-0.1, -0.05) is 68.5 Å². The summed E-state index contributed by atoms with van der Waals surface area (Å²) in [4.78, 5) is 42.8. The Hall–Kier alpha value is -2.09. The average Bonchev–Trinajstić information content (AvgIpc) is 3.45. The maximum Gasteiger partial charge on any atom is 0.246 e. The molecule has 2 bridgehead atoms. The number of carbonyl (C=O) groups excluding carboxylic acids is 3. The summed E-state index contributed by atoms with van der Waals surface area (Å²) in [5, 5.41) is 6.87. The van der Waals surface area contributed by atoms with Gasteiger partial charge in [0.15, 0.2) is 0 Å². The summed E-state index contributed by atoms with van der Waals surface area (Å²) < 4.78 is 6.39. The maximum absolute atomic E-state index is 13.9. The zero-order chi connectivity index (χ0) is 25.6. The van der Waals surface area contributed by atoms with Gasteiger partial charge >= 0.3 is 0 Å². The van der Waals surface area contributed by atoms with Crippen molar-refractivity contribution in [2.75, 3.05) is 11.9 Å². The van der Waals surface area contributed by atoms with Gasteiger partial charge in [-0.2, -0.15) is 0 Å². The molecule has 1 spiro atoms. The van der Waals surface area contributed by atoms with Crippen LogP contribution in [0.1, 0.15) is 52.4 Å². The summed E-state index contributed by atoms with van der Waals surface area (Å²) in [6, 6.07) is 4.11. The first kappa shape index (κ1) is 25.6. The minimum atomic E-state index is -1.15. The molecule has 3 aliphatic heterocycles. The number of hydrogen-bond donors (Lipinski definition) is 2. The standard InChI is InChI=1S/C27H33Cl2N3O4/c1-15(2)9-11-32-23(25(34)30-18-6-4-3-5-7-18)27-10-8-20(36-27)21(22(27)26(32)35)24(33)31-19-13-16(28)12-17(29)14-19/h8,10,12-15,18,20-23H,3-7,9,11H2,1-2H3,(H,30,34)(H,31,33)/t20-,21-,22-,23-,27-/m0/s1. The molecule has 5 rings (SSSR count). The van der Waals surface area contributed by atoms with Gasteiger partial charge in [-0.25, -0.2) is 0 Å². The van der Waals surface area contributed by atoms with Gasteiger partial charge in [0.05, 0.1) is 17.9 Å². The van der Waals surface area contributed by atoms with Crippen LogP contribution in [0.4, 0.5) is 5.69 Å². The van der Waals surface area contributed by atoms with Crippen molar-refractivity contribution in [2.45, 2.75) is 76.2 Å². The van der Waals surface area contributed by atoms with Crippen LogP contribution in [0, 0.1) is 17.8 Å². The molecular formula is C27H33Cl2N3O4. The molecule has 0 aromatic heterocycles. The monoisotopic (exact) mass is 533 g/mol. The zero-order valence-electron chi connectivity index (χ0n) is 20.6. The number of hydrogen-bond acceptors (Lipinski definition) is 4. The van der Waals surface area contributed by atoms with E-state index in [0.29, 0.717) is 28.2 Å². The van der Waals surface area contributed by atoms with Gasteiger partial charge in [0.1, 0.15) is 11.6 Å². The van der Waals surface area contributed by atoms with Crippen molar-refractivity contribution < 1.29 is 19.1 Å². The summed E-state index contributed by atoms with van der Waals surface area (Å²) in [5.74, 6) is -1.90. The summed E-state index contributed by atoms with van der Waals surface area (Å²) in [5.41, 5.74) is -0.696. The normalized spacial score (nSPS) is 31.2. The third-order valence-corrected chi connectivity index (χ3v) is 8.39. The van der Waals surface area contributed by atoms with Gasteiger partial charge in [-0.05, 0) is 43.4 Å². The number of amides is 3. The molecule has 36 heavy (non-hydrogen) atoms. The Morgan fingerprint density at radius 3 is 2.47 bits per heavy atom. The Bertz CT molecular complexity index is 1070. The van der Waals surface area contributed by atoms with Gasteiger partial charge in [0, 0.05) is 28.3 Å². The number of anilines is 1. The van der Waals surface area contributed by atoms with Crippen LogP contribution in [0.25, 0.3) is 0 Å². The molecule has 3 amide bonds. The lowest BCUT2D eigenvalue weighted by Crippen LogP contribution is -2.56. The van der Waals surface area contributed by atoms with E-state index in [9.17, 15) is 14.4 Å². The fraction of sp³-hybridized carbons (Fsp3) is 0.593. The summed E-state index contributed by atoms with van der Waals surface area (Å²) in [7, 11) is 0. The predicted octanol–water partition coefficient (Wildman–Crippen LogP) is 4.58. The predicted molar refractivity (Wildman–Crippen MR) is 139 cm³/mol. The number of ether oxygens (including phenoxy) is 1. The smallest absolute Gasteiger partial charge is 0.246 e. The van der Waals surface area contributed by atoms with Gasteiger partial charge in [-0.3, -0.25) is 14.4 Å². The van der Waals surface area contributed by atoms with E-state index >= 15 is 0 Å². The fourth-order valence-corrected chi connectivity index (χ4v) is 6.81. The minimum Gasteiger partial charge on any atom is -0.359 e. The Kier molecular flexibility index (Phi) is 7.09. The van der Waals surface area contributed by atoms with Crippen molar-refractivity contribution in [1.82, 2.24) is 10.2 Å². The Morgan fingerprint density at radius 2 is 1.81 bits per heavy atom. The molecule has 194 valence electrons. The Labute approximate surface area is 221 Å². The highest BCUT2D eigenvalue weighted by atomic mass is 35.5. The third-order valence-electron chi connectivity index (χ3n) is 7.95. The van der Waals surface area contributed by atoms with E-state index in [1.807, 2.05) is 12.2 Å². The van der Waals surface area contributed by atoms with Crippen molar-refractivity contribution in [1.29, 1.82) is 0 Å². The average molecular weight is 534 g/mol. The molecule has 5 atom stereocenters. The lowest BCUT2D eigenvalue weighted by Gasteiger charge is -2.34. The minimum absolute atomic E-state index is 0.109. The molecule has 7 nitrogen and oxygen atoms in total. The second-order valence-electron chi connectivity index (χ2n) is 10.9. The van der Waals surface area contributed by atoms with Crippen LogP contribution in [0.3, 0.4) is 0 Å². The number of carbonyl (C=O) groups is 3. The number of nitrogens with one attached hydrogen (secondary N) is 2. The van der Waals surface area contributed by atoms with Crippen LogP contribution in [-0.2, 0) is 19.1 Å². The number of fused-ring (bicyclic) bond motifs is 1. The van der Waals surface area contributed by atoms with E-state index in [1.165, 1.54) is 6.42 Å². The van der Waals surface area contributed by atoms with Crippen molar-refractivity contribution >= 4 is 46.6 Å². The second-order valence-corrected chi connectivity index (χ2v) is 11.8. The van der Waals surface area contributed by atoms with Gasteiger partial charge in [-0.15, -0.1) is 0 Å². The second kappa shape index (κ2) is 9.99. The quantitative estimate of drug-likeness (QED) is 0.502. The van der Waals surface area contributed by atoms with Crippen LogP contribution in [-0.4, -0.2) is 53.0 Å². The Morgan fingerprint density at radius 1 is 1.11 bits per heavy atom. The van der Waals surface area contributed by atoms with Gasteiger partial charge in [0.2, 0.25) is 17.7 Å². The Balaban J connectivity index is 1.43. The molecule has 1 aromatic carbocycles. The van der Waals surface area contributed by atoms with Crippen LogP contribution < -0.4 is 10.6 Å². The first-order valence-electron chi connectivity index (χ1n) is 12.9. The summed E-state index contributed by atoms with van der Waals surface area (Å²) in [6.07, 6.45) is 9.11. The molecule has 1 saturated carbocycles. The molecule has 3 heterocycles. The third kappa shape index (κ3) is 4.54. The van der Waals surface area contributed by atoms with E-state index in [-0.39, 0.29) is 23.8 Å². The highest BCUT2D eigenvalue weighted by Crippen LogP contribution is 2.55. The number of likely N-dealkylation sites (tertiary alicyclic amines) is 1. The summed E-state index contributed by atoms with van der Waals surface area (Å²) >= 11 is 12.2. The number of halogens is 2. The number of benzene rings is 1. The van der Waals surface area contributed by atoms with E-state index < -0.39 is 29.6 Å². The lowest BCUT2D eigenvalue weighted by atomic mass is 9.74. The lowest BCUT2D eigenvalue weighted by molar-refractivity contribution is -0.141. The summed E-state index contributed by atoms with van der Waals surface area (Å²) in [6.45, 7) is 4.62. The van der Waals surface area contributed by atoms with Gasteiger partial charge < -0.3 is 20.3 Å². The van der Waals surface area contributed by atoms with Gasteiger partial charge in [0.25, 0.3) is 0 Å². The fourth-order valence-electron chi connectivity index (χ4n) is 6.28. The number of nitrogens with zero attached hydrogens (tertiary/aromatic N) is 1. The van der Waals surface area contributed by atoms with E-state index in [4.69, 9.17) is 27.9 Å². The molecule has 1 aliphatic carbocycles. The van der Waals surface area contributed by atoms with Crippen molar-refractivity contribution in [2.24, 2.45) is 17.8 Å². The molecule has 1 aromatic rings. The van der Waals surface area contributed by atoms with Crippen LogP contribution >= 0.6 is 23.2 Å². The molecule has 9 heteroatoms. The van der Waals surface area contributed by atoms with E-state index in [1.54, 1.807) is 23.1 Å². The van der Waals surface area contributed by atoms with Crippen molar-refractivity contribution in [3.05, 3.63) is 40.4 Å². The topological polar surface area (TPSA) is 87.7 Å². The molecule has 4 aliphatic rings. The van der Waals surface area contributed by atoms with Crippen molar-refractivity contribution in [3.8, 4) is 0 Å². The molecule has 2 saturated heterocycles. The highest BCUT2D eigenvalue weighted by Gasteiger charge is 2.72. The molecule has 3 fully saturated rings. The molecule has 0 radical (unpaired) electrons. The zero-order valence-corrected chi connectivity index (χ0v) is 22.1. The largest absolute Gasteiger partial charge is 0.359 e. The van der Waals surface area contributed by atoms with Crippen LogP contribution in [0.2, 0.25) is 10.0 Å². The van der Waals surface area contributed by atoms with Crippen LogP contribution in [0.5, 0.6) is 0 Å². The first-order chi connectivity index (χ1) is 17.2. The van der Waals surface area contributed by atoms with E-state index in [0.717, 1.165) is 32.1 Å². The molecule has 0 unspecified atom stereocenters. The van der Waals surface area contributed by atoms with Crippen molar-refractivity contribution in [3.63, 3.8) is 0 Å². The maximum atomic E-state index is 13.9. The molecular weight excluding hydrogens is 501 g/mol. The molecule has 2 N–H and O–H groups in total. The van der Waals surface area contributed by atoms with E-state index in [2.05, 4.69) is 24.5 Å².